The Morgan fingerprint density at radius 3 is 2.93 bits per heavy atom. The topological polar surface area (TPSA) is 63.0 Å². The van der Waals surface area contributed by atoms with E-state index in [0.29, 0.717) is 12.3 Å². The van der Waals surface area contributed by atoms with Gasteiger partial charge in [0.15, 0.2) is 0 Å². The molecule has 0 spiro atoms. The molecule has 1 atom stereocenters. The molecule has 2 N–H and O–H groups in total. The summed E-state index contributed by atoms with van der Waals surface area (Å²) < 4.78 is 1.73. The van der Waals surface area contributed by atoms with Gasteiger partial charge in [-0.2, -0.15) is 5.10 Å². The van der Waals surface area contributed by atoms with Gasteiger partial charge < -0.3 is 10.4 Å². The zero-order valence-electron chi connectivity index (χ0n) is 9.06. The van der Waals surface area contributed by atoms with Gasteiger partial charge in [0.2, 0.25) is 0 Å². The Kier molecular flexibility index (Phi) is 3.33. The summed E-state index contributed by atoms with van der Waals surface area (Å²) in [6, 6.07) is 0. The number of piperidine rings is 1. The highest BCUT2D eigenvalue weighted by molar-refractivity contribution is 4.89. The van der Waals surface area contributed by atoms with Crippen molar-refractivity contribution in [2.45, 2.75) is 25.4 Å². The fourth-order valence-corrected chi connectivity index (χ4v) is 2.09. The summed E-state index contributed by atoms with van der Waals surface area (Å²) >= 11 is 0. The van der Waals surface area contributed by atoms with Crippen LogP contribution in [-0.4, -0.2) is 39.1 Å². The molecule has 1 aliphatic heterocycles. The Labute approximate surface area is 89.5 Å². The molecule has 1 aliphatic rings. The lowest BCUT2D eigenvalue weighted by atomic mass is 9.90. The molecule has 0 saturated carbocycles. The Bertz CT molecular complexity index is 306. The summed E-state index contributed by atoms with van der Waals surface area (Å²) in [5.41, 5.74) is 0. The highest BCUT2D eigenvalue weighted by atomic mass is 16.3. The maximum absolute atomic E-state index is 10.1. The third-order valence-corrected chi connectivity index (χ3v) is 3.12. The number of rotatable bonds is 3. The first-order valence-corrected chi connectivity index (χ1v) is 5.49. The van der Waals surface area contributed by atoms with Crippen LogP contribution in [-0.2, 0) is 13.5 Å². The van der Waals surface area contributed by atoms with Crippen LogP contribution in [0.4, 0.5) is 0 Å². The second-order valence-electron chi connectivity index (χ2n) is 4.16. The van der Waals surface area contributed by atoms with Crippen molar-refractivity contribution < 1.29 is 5.11 Å². The highest BCUT2D eigenvalue weighted by Gasteiger charge is 2.22. The van der Waals surface area contributed by atoms with Gasteiger partial charge in [0.05, 0.1) is 6.10 Å². The first-order chi connectivity index (χ1) is 7.27. The third kappa shape index (κ3) is 2.54. The van der Waals surface area contributed by atoms with Gasteiger partial charge >= 0.3 is 0 Å². The molecule has 0 aromatic carbocycles. The molecule has 5 nitrogen and oxygen atoms in total. The van der Waals surface area contributed by atoms with Crippen LogP contribution < -0.4 is 5.32 Å². The second kappa shape index (κ2) is 4.72. The maximum Gasteiger partial charge on any atom is 0.138 e. The molecule has 0 amide bonds. The molecular formula is C10H18N4O. The van der Waals surface area contributed by atoms with Crippen molar-refractivity contribution in [3.63, 3.8) is 0 Å². The van der Waals surface area contributed by atoms with Crippen LogP contribution in [0.25, 0.3) is 0 Å². The Hall–Kier alpha value is -0.940. The monoisotopic (exact) mass is 210 g/mol. The summed E-state index contributed by atoms with van der Waals surface area (Å²) in [4.78, 5) is 4.13. The minimum absolute atomic E-state index is 0.282. The number of hydrogen-bond acceptors (Lipinski definition) is 4. The molecule has 1 saturated heterocycles. The Morgan fingerprint density at radius 2 is 2.33 bits per heavy atom. The molecule has 1 aromatic rings. The van der Waals surface area contributed by atoms with E-state index in [2.05, 4.69) is 15.4 Å². The van der Waals surface area contributed by atoms with Crippen molar-refractivity contribution in [3.8, 4) is 0 Å². The quantitative estimate of drug-likeness (QED) is 0.720. The van der Waals surface area contributed by atoms with Crippen molar-refractivity contribution in [1.82, 2.24) is 20.1 Å². The number of nitrogens with zero attached hydrogens (tertiary/aromatic N) is 3. The van der Waals surface area contributed by atoms with Gasteiger partial charge in [-0.3, -0.25) is 4.68 Å². The van der Waals surface area contributed by atoms with E-state index in [1.807, 2.05) is 7.05 Å². The molecule has 2 heterocycles. The molecule has 0 radical (unpaired) electrons. The van der Waals surface area contributed by atoms with Gasteiger partial charge in [0, 0.05) is 13.5 Å². The molecular weight excluding hydrogens is 192 g/mol. The van der Waals surface area contributed by atoms with E-state index in [9.17, 15) is 5.11 Å². The molecule has 0 bridgehead atoms. The average Bonchev–Trinajstić information content (AvgIpc) is 2.66. The normalized spacial score (nSPS) is 20.4. The smallest absolute Gasteiger partial charge is 0.138 e. The van der Waals surface area contributed by atoms with Gasteiger partial charge in [-0.1, -0.05) is 0 Å². The van der Waals surface area contributed by atoms with E-state index in [1.54, 1.807) is 4.68 Å². The largest absolute Gasteiger partial charge is 0.392 e. The fourth-order valence-electron chi connectivity index (χ4n) is 2.09. The average molecular weight is 210 g/mol. The maximum atomic E-state index is 10.1. The predicted molar refractivity (Wildman–Crippen MR) is 56.3 cm³/mol. The number of aryl methyl sites for hydroxylation is 1. The molecule has 1 unspecified atom stereocenters. The summed E-state index contributed by atoms with van der Waals surface area (Å²) in [6.07, 6.45) is 3.97. The summed E-state index contributed by atoms with van der Waals surface area (Å²) in [7, 11) is 1.86. The lowest BCUT2D eigenvalue weighted by Crippen LogP contribution is -2.35. The summed E-state index contributed by atoms with van der Waals surface area (Å²) in [5.74, 6) is 1.27. The summed E-state index contributed by atoms with van der Waals surface area (Å²) in [6.45, 7) is 2.03. The number of aliphatic hydroxyl groups excluding tert-OH is 1. The van der Waals surface area contributed by atoms with E-state index < -0.39 is 0 Å². The van der Waals surface area contributed by atoms with Crippen LogP contribution in [0.15, 0.2) is 6.33 Å². The number of aromatic nitrogens is 3. The molecule has 5 heteroatoms. The summed E-state index contributed by atoms with van der Waals surface area (Å²) in [5, 5.41) is 17.4. The number of aliphatic hydroxyl groups is 1. The van der Waals surface area contributed by atoms with Gasteiger partial charge in [-0.15, -0.1) is 0 Å². The van der Waals surface area contributed by atoms with Crippen molar-refractivity contribution in [1.29, 1.82) is 0 Å². The number of nitrogens with one attached hydrogen (secondary N) is 1. The molecule has 0 aliphatic carbocycles. The second-order valence-corrected chi connectivity index (χ2v) is 4.16. The first-order valence-electron chi connectivity index (χ1n) is 5.49. The van der Waals surface area contributed by atoms with Gasteiger partial charge in [-0.25, -0.2) is 4.98 Å². The van der Waals surface area contributed by atoms with E-state index in [-0.39, 0.29) is 6.10 Å². The van der Waals surface area contributed by atoms with Crippen LogP contribution in [0.5, 0.6) is 0 Å². The van der Waals surface area contributed by atoms with Crippen molar-refractivity contribution in [3.05, 3.63) is 12.2 Å². The lowest BCUT2D eigenvalue weighted by molar-refractivity contribution is 0.0865. The van der Waals surface area contributed by atoms with E-state index >= 15 is 0 Å². The lowest BCUT2D eigenvalue weighted by Gasteiger charge is -2.26. The molecule has 1 aromatic heterocycles. The van der Waals surface area contributed by atoms with Crippen LogP contribution in [0.3, 0.4) is 0 Å². The number of hydrogen-bond donors (Lipinski definition) is 2. The highest BCUT2D eigenvalue weighted by Crippen LogP contribution is 2.18. The first kappa shape index (κ1) is 10.6. The van der Waals surface area contributed by atoms with Gasteiger partial charge in [0.1, 0.15) is 12.2 Å². The zero-order valence-corrected chi connectivity index (χ0v) is 9.06. The van der Waals surface area contributed by atoms with Crippen molar-refractivity contribution in [2.24, 2.45) is 13.0 Å². The molecule has 1 fully saturated rings. The predicted octanol–water partition coefficient (Wildman–Crippen LogP) is -0.282. The van der Waals surface area contributed by atoms with Gasteiger partial charge in [0.25, 0.3) is 0 Å². The standard InChI is InChI=1S/C10H18N4O/c1-14-10(12-7-13-14)6-9(15)8-2-4-11-5-3-8/h7-9,11,15H,2-6H2,1H3. The van der Waals surface area contributed by atoms with Crippen LogP contribution >= 0.6 is 0 Å². The van der Waals surface area contributed by atoms with Crippen molar-refractivity contribution >= 4 is 0 Å². The Morgan fingerprint density at radius 1 is 1.60 bits per heavy atom. The SMILES string of the molecule is Cn1ncnc1CC(O)C1CCNCC1. The fraction of sp³-hybridized carbons (Fsp3) is 0.800. The molecule has 15 heavy (non-hydrogen) atoms. The van der Waals surface area contributed by atoms with E-state index in [0.717, 1.165) is 31.8 Å². The Balaban J connectivity index is 1.91. The van der Waals surface area contributed by atoms with Gasteiger partial charge in [-0.05, 0) is 31.8 Å². The third-order valence-electron chi connectivity index (χ3n) is 3.12. The van der Waals surface area contributed by atoms with Crippen molar-refractivity contribution in [2.75, 3.05) is 13.1 Å². The minimum Gasteiger partial charge on any atom is -0.392 e. The zero-order chi connectivity index (χ0) is 10.7. The molecule has 84 valence electrons. The van der Waals surface area contributed by atoms with E-state index in [1.165, 1.54) is 6.33 Å². The van der Waals surface area contributed by atoms with E-state index in [4.69, 9.17) is 0 Å². The minimum atomic E-state index is -0.282. The van der Waals surface area contributed by atoms with Crippen LogP contribution in [0.2, 0.25) is 0 Å². The molecule has 2 rings (SSSR count). The van der Waals surface area contributed by atoms with Crippen LogP contribution in [0, 0.1) is 5.92 Å². The van der Waals surface area contributed by atoms with Crippen LogP contribution in [0.1, 0.15) is 18.7 Å².